The van der Waals surface area contributed by atoms with Gasteiger partial charge in [0, 0.05) is 17.6 Å². The molecule has 18 heavy (non-hydrogen) atoms. The number of imidazole rings is 1. The Hall–Kier alpha value is -2.00. The van der Waals surface area contributed by atoms with Crippen LogP contribution in [0, 0.1) is 0 Å². The summed E-state index contributed by atoms with van der Waals surface area (Å²) in [6, 6.07) is 13.5. The molecule has 0 aliphatic carbocycles. The van der Waals surface area contributed by atoms with Crippen LogP contribution in [-0.2, 0) is 6.42 Å². The molecule has 1 aromatic carbocycles. The van der Waals surface area contributed by atoms with Crippen molar-refractivity contribution in [3.05, 3.63) is 64.9 Å². The van der Waals surface area contributed by atoms with Gasteiger partial charge < -0.3 is 5.73 Å². The van der Waals surface area contributed by atoms with E-state index in [0.29, 0.717) is 12.2 Å². The molecule has 90 valence electrons. The molecule has 0 radical (unpaired) electrons. The second kappa shape index (κ2) is 4.35. The number of halogens is 1. The van der Waals surface area contributed by atoms with Crippen molar-refractivity contribution >= 4 is 23.1 Å². The van der Waals surface area contributed by atoms with Crippen LogP contribution in [0.1, 0.15) is 11.3 Å². The zero-order valence-corrected chi connectivity index (χ0v) is 10.4. The fourth-order valence-corrected chi connectivity index (χ4v) is 2.21. The molecule has 4 heteroatoms. The molecular formula is C14H12ClN3. The van der Waals surface area contributed by atoms with Gasteiger partial charge in [0.2, 0.25) is 0 Å². The van der Waals surface area contributed by atoms with Crippen LogP contribution < -0.4 is 5.73 Å². The fraction of sp³-hybridized carbons (Fsp3) is 0.0714. The minimum atomic E-state index is 0.686. The third-order valence-corrected chi connectivity index (χ3v) is 3.27. The number of rotatable bonds is 2. The summed E-state index contributed by atoms with van der Waals surface area (Å²) in [4.78, 5) is 4.53. The molecular weight excluding hydrogens is 246 g/mol. The summed E-state index contributed by atoms with van der Waals surface area (Å²) in [6.45, 7) is 0. The first kappa shape index (κ1) is 11.1. The van der Waals surface area contributed by atoms with Crippen molar-refractivity contribution in [3.8, 4) is 0 Å². The van der Waals surface area contributed by atoms with Crippen LogP contribution in [-0.4, -0.2) is 9.38 Å². The van der Waals surface area contributed by atoms with Gasteiger partial charge in [-0.2, -0.15) is 0 Å². The number of anilines is 1. The number of fused-ring (bicyclic) bond motifs is 1. The SMILES string of the molecule is Nc1cccc2nc(Cc3ccccc3Cl)cn12. The number of aromatic nitrogens is 2. The summed E-state index contributed by atoms with van der Waals surface area (Å²) in [6.07, 6.45) is 2.66. The van der Waals surface area contributed by atoms with E-state index >= 15 is 0 Å². The monoisotopic (exact) mass is 257 g/mol. The Balaban J connectivity index is 2.01. The molecule has 0 fully saturated rings. The Morgan fingerprint density at radius 1 is 1.11 bits per heavy atom. The first-order valence-electron chi connectivity index (χ1n) is 5.70. The quantitative estimate of drug-likeness (QED) is 0.766. The molecule has 0 aliphatic heterocycles. The Labute approximate surface area is 110 Å². The molecule has 0 bridgehead atoms. The highest BCUT2D eigenvalue weighted by molar-refractivity contribution is 6.31. The number of nitrogens with two attached hydrogens (primary N) is 1. The molecule has 0 atom stereocenters. The maximum Gasteiger partial charge on any atom is 0.138 e. The second-order valence-corrected chi connectivity index (χ2v) is 4.59. The van der Waals surface area contributed by atoms with Crippen molar-refractivity contribution in [1.82, 2.24) is 9.38 Å². The van der Waals surface area contributed by atoms with Crippen molar-refractivity contribution in [2.45, 2.75) is 6.42 Å². The van der Waals surface area contributed by atoms with E-state index < -0.39 is 0 Å². The Morgan fingerprint density at radius 3 is 2.72 bits per heavy atom. The minimum Gasteiger partial charge on any atom is -0.385 e. The van der Waals surface area contributed by atoms with Crippen molar-refractivity contribution < 1.29 is 0 Å². The molecule has 0 amide bonds. The van der Waals surface area contributed by atoms with Crippen molar-refractivity contribution in [2.75, 3.05) is 5.73 Å². The molecule has 2 aromatic heterocycles. The Bertz CT molecular complexity index is 703. The van der Waals surface area contributed by atoms with Gasteiger partial charge in [-0.1, -0.05) is 35.9 Å². The van der Waals surface area contributed by atoms with Crippen LogP contribution >= 0.6 is 11.6 Å². The molecule has 3 aromatic rings. The smallest absolute Gasteiger partial charge is 0.138 e. The van der Waals surface area contributed by atoms with Gasteiger partial charge in [0.05, 0.1) is 5.69 Å². The summed E-state index contributed by atoms with van der Waals surface area (Å²) >= 11 is 6.14. The van der Waals surface area contributed by atoms with Gasteiger partial charge in [-0.05, 0) is 23.8 Å². The zero-order valence-electron chi connectivity index (χ0n) is 9.68. The van der Waals surface area contributed by atoms with Gasteiger partial charge in [0.25, 0.3) is 0 Å². The molecule has 0 spiro atoms. The highest BCUT2D eigenvalue weighted by Gasteiger charge is 2.06. The van der Waals surface area contributed by atoms with E-state index in [1.807, 2.05) is 53.1 Å². The summed E-state index contributed by atoms with van der Waals surface area (Å²) in [5.74, 6) is 0.686. The summed E-state index contributed by atoms with van der Waals surface area (Å²) in [5.41, 5.74) is 8.78. The third-order valence-electron chi connectivity index (χ3n) is 2.90. The first-order chi connectivity index (χ1) is 8.74. The maximum absolute atomic E-state index is 6.14. The number of nitrogens with zero attached hydrogens (tertiary/aromatic N) is 2. The predicted molar refractivity (Wildman–Crippen MR) is 73.9 cm³/mol. The van der Waals surface area contributed by atoms with Crippen LogP contribution in [0.25, 0.3) is 5.65 Å². The van der Waals surface area contributed by atoms with Crippen molar-refractivity contribution in [3.63, 3.8) is 0 Å². The normalized spacial score (nSPS) is 10.9. The lowest BCUT2D eigenvalue weighted by Gasteiger charge is -2.00. The van der Waals surface area contributed by atoms with Crippen LogP contribution in [0.15, 0.2) is 48.7 Å². The van der Waals surface area contributed by atoms with Crippen LogP contribution in [0.2, 0.25) is 5.02 Å². The largest absolute Gasteiger partial charge is 0.385 e. The van der Waals surface area contributed by atoms with Crippen molar-refractivity contribution in [1.29, 1.82) is 0 Å². The predicted octanol–water partition coefficient (Wildman–Crippen LogP) is 3.16. The van der Waals surface area contributed by atoms with E-state index in [1.54, 1.807) is 0 Å². The van der Waals surface area contributed by atoms with Crippen LogP contribution in [0.4, 0.5) is 5.82 Å². The van der Waals surface area contributed by atoms with Crippen LogP contribution in [0.3, 0.4) is 0 Å². The molecule has 0 aliphatic rings. The number of hydrogen-bond acceptors (Lipinski definition) is 2. The maximum atomic E-state index is 6.14. The van der Waals surface area contributed by atoms with Gasteiger partial charge in [0.1, 0.15) is 11.5 Å². The average molecular weight is 258 g/mol. The molecule has 0 unspecified atom stereocenters. The first-order valence-corrected chi connectivity index (χ1v) is 6.08. The Morgan fingerprint density at radius 2 is 1.94 bits per heavy atom. The van der Waals surface area contributed by atoms with E-state index in [0.717, 1.165) is 21.9 Å². The fourth-order valence-electron chi connectivity index (χ4n) is 2.00. The molecule has 2 heterocycles. The molecule has 0 saturated heterocycles. The van der Waals surface area contributed by atoms with E-state index in [4.69, 9.17) is 17.3 Å². The van der Waals surface area contributed by atoms with E-state index in [9.17, 15) is 0 Å². The van der Waals surface area contributed by atoms with Gasteiger partial charge in [-0.3, -0.25) is 4.40 Å². The number of nitrogen functional groups attached to an aromatic ring is 1. The van der Waals surface area contributed by atoms with Gasteiger partial charge in [-0.25, -0.2) is 4.98 Å². The lowest BCUT2D eigenvalue weighted by atomic mass is 10.1. The number of pyridine rings is 1. The van der Waals surface area contributed by atoms with E-state index in [1.165, 1.54) is 0 Å². The highest BCUT2D eigenvalue weighted by atomic mass is 35.5. The highest BCUT2D eigenvalue weighted by Crippen LogP contribution is 2.19. The number of hydrogen-bond donors (Lipinski definition) is 1. The average Bonchev–Trinajstić information content (AvgIpc) is 2.76. The van der Waals surface area contributed by atoms with Crippen molar-refractivity contribution in [2.24, 2.45) is 0 Å². The summed E-state index contributed by atoms with van der Waals surface area (Å²) in [5, 5.41) is 0.766. The lowest BCUT2D eigenvalue weighted by molar-refractivity contribution is 1.11. The molecule has 3 nitrogen and oxygen atoms in total. The zero-order chi connectivity index (χ0) is 12.5. The lowest BCUT2D eigenvalue weighted by Crippen LogP contribution is -1.93. The second-order valence-electron chi connectivity index (χ2n) is 4.18. The molecule has 2 N–H and O–H groups in total. The standard InChI is InChI=1S/C14H12ClN3/c15-12-5-2-1-4-10(12)8-11-9-18-13(16)6-3-7-14(18)17-11/h1-7,9H,8,16H2. The van der Waals surface area contributed by atoms with Gasteiger partial charge in [-0.15, -0.1) is 0 Å². The van der Waals surface area contributed by atoms with Gasteiger partial charge in [0.15, 0.2) is 0 Å². The van der Waals surface area contributed by atoms with Crippen LogP contribution in [0.5, 0.6) is 0 Å². The summed E-state index contributed by atoms with van der Waals surface area (Å²) < 4.78 is 1.88. The number of benzene rings is 1. The summed E-state index contributed by atoms with van der Waals surface area (Å²) in [7, 11) is 0. The Kier molecular flexibility index (Phi) is 2.68. The van der Waals surface area contributed by atoms with E-state index in [-0.39, 0.29) is 0 Å². The minimum absolute atomic E-state index is 0.686. The van der Waals surface area contributed by atoms with Gasteiger partial charge >= 0.3 is 0 Å². The molecule has 0 saturated carbocycles. The topological polar surface area (TPSA) is 43.3 Å². The van der Waals surface area contributed by atoms with E-state index in [2.05, 4.69) is 4.98 Å². The molecule has 3 rings (SSSR count). The third kappa shape index (κ3) is 1.93.